The zero-order chi connectivity index (χ0) is 13.3. The van der Waals surface area contributed by atoms with Gasteiger partial charge in [-0.15, -0.1) is 0 Å². The van der Waals surface area contributed by atoms with E-state index in [1.807, 2.05) is 39.0 Å². The van der Waals surface area contributed by atoms with E-state index >= 15 is 0 Å². The minimum atomic E-state index is -0.815. The average molecular weight is 248 g/mol. The molecule has 0 radical (unpaired) electrons. The Kier molecular flexibility index (Phi) is 3.44. The highest BCUT2D eigenvalue weighted by Crippen LogP contribution is 2.36. The Morgan fingerprint density at radius 2 is 2.11 bits per heavy atom. The largest absolute Gasteiger partial charge is 0.481 e. The van der Waals surface area contributed by atoms with Gasteiger partial charge in [0.2, 0.25) is 0 Å². The van der Waals surface area contributed by atoms with E-state index in [-0.39, 0.29) is 0 Å². The number of benzene rings is 1. The number of carbonyl (C=O) groups is 1. The number of rotatable bonds is 4. The van der Waals surface area contributed by atoms with E-state index in [0.29, 0.717) is 25.6 Å². The summed E-state index contributed by atoms with van der Waals surface area (Å²) in [6.45, 7) is 7.18. The molecule has 1 aromatic carbocycles. The van der Waals surface area contributed by atoms with Crippen molar-refractivity contribution in [2.45, 2.75) is 32.6 Å². The zero-order valence-corrected chi connectivity index (χ0v) is 11.2. The van der Waals surface area contributed by atoms with Gasteiger partial charge in [0.15, 0.2) is 0 Å². The quantitative estimate of drug-likeness (QED) is 0.891. The van der Waals surface area contributed by atoms with Crippen molar-refractivity contribution in [3.05, 3.63) is 34.9 Å². The van der Waals surface area contributed by atoms with Crippen molar-refractivity contribution in [2.75, 3.05) is 13.2 Å². The van der Waals surface area contributed by atoms with E-state index in [9.17, 15) is 9.90 Å². The lowest BCUT2D eigenvalue weighted by Crippen LogP contribution is -2.40. The summed E-state index contributed by atoms with van der Waals surface area (Å²) in [5.41, 5.74) is 2.27. The Balaban J connectivity index is 2.38. The lowest BCUT2D eigenvalue weighted by atomic mass is 9.73. The van der Waals surface area contributed by atoms with Gasteiger partial charge < -0.3 is 9.84 Å². The average Bonchev–Trinajstić information content (AvgIpc) is 2.26. The summed E-state index contributed by atoms with van der Waals surface area (Å²) < 4.78 is 5.16. The van der Waals surface area contributed by atoms with Crippen LogP contribution in [0.4, 0.5) is 0 Å². The lowest BCUT2D eigenvalue weighted by Gasteiger charge is -2.35. The Morgan fingerprint density at radius 1 is 1.44 bits per heavy atom. The first kappa shape index (κ1) is 13.1. The highest BCUT2D eigenvalue weighted by Gasteiger charge is 2.40. The molecule has 1 heterocycles. The third-order valence-corrected chi connectivity index (χ3v) is 3.86. The van der Waals surface area contributed by atoms with Gasteiger partial charge in [-0.1, -0.05) is 23.8 Å². The van der Waals surface area contributed by atoms with Gasteiger partial charge in [-0.25, -0.2) is 0 Å². The molecule has 0 bridgehead atoms. The first-order valence-corrected chi connectivity index (χ1v) is 6.32. The highest BCUT2D eigenvalue weighted by atomic mass is 16.5. The predicted molar refractivity (Wildman–Crippen MR) is 69.8 cm³/mol. The number of hydrogen-bond donors (Lipinski definition) is 1. The standard InChI is InChI=1S/C15H20O3/c1-10-4-5-11(2)13(6-10)15(3,14(16)17)7-12-8-18-9-12/h4-6,12H,7-9H2,1-3H3,(H,16,17). The van der Waals surface area contributed by atoms with Crippen LogP contribution in [0.3, 0.4) is 0 Å². The second-order valence-electron chi connectivity index (χ2n) is 5.56. The molecule has 1 atom stereocenters. The second-order valence-corrected chi connectivity index (χ2v) is 5.56. The van der Waals surface area contributed by atoms with Crippen molar-refractivity contribution < 1.29 is 14.6 Å². The van der Waals surface area contributed by atoms with Crippen molar-refractivity contribution in [2.24, 2.45) is 5.92 Å². The van der Waals surface area contributed by atoms with Crippen molar-refractivity contribution in [3.63, 3.8) is 0 Å². The molecule has 0 aromatic heterocycles. The minimum absolute atomic E-state index is 0.367. The van der Waals surface area contributed by atoms with E-state index in [1.54, 1.807) is 0 Å². The van der Waals surface area contributed by atoms with Crippen LogP contribution in [-0.2, 0) is 14.9 Å². The molecule has 1 aliphatic rings. The number of hydrogen-bond acceptors (Lipinski definition) is 2. The number of aryl methyl sites for hydroxylation is 2. The van der Waals surface area contributed by atoms with Crippen LogP contribution in [-0.4, -0.2) is 24.3 Å². The van der Waals surface area contributed by atoms with Gasteiger partial charge in [0, 0.05) is 5.92 Å². The molecule has 0 aliphatic carbocycles. The molecule has 3 nitrogen and oxygen atoms in total. The molecule has 1 N–H and O–H groups in total. The lowest BCUT2D eigenvalue weighted by molar-refractivity contribution is -0.146. The molecule has 0 amide bonds. The molecule has 18 heavy (non-hydrogen) atoms. The van der Waals surface area contributed by atoms with Crippen LogP contribution in [0.15, 0.2) is 18.2 Å². The van der Waals surface area contributed by atoms with Crippen molar-refractivity contribution in [3.8, 4) is 0 Å². The van der Waals surface area contributed by atoms with Gasteiger partial charge in [-0.05, 0) is 38.3 Å². The number of aliphatic carboxylic acids is 1. The predicted octanol–water partition coefficient (Wildman–Crippen LogP) is 2.68. The van der Waals surface area contributed by atoms with E-state index in [2.05, 4.69) is 0 Å². The van der Waals surface area contributed by atoms with Crippen LogP contribution in [0, 0.1) is 19.8 Å². The Bertz CT molecular complexity index is 463. The van der Waals surface area contributed by atoms with E-state index in [4.69, 9.17) is 4.74 Å². The van der Waals surface area contributed by atoms with Crippen LogP contribution < -0.4 is 0 Å². The molecule has 1 saturated heterocycles. The van der Waals surface area contributed by atoms with Crippen LogP contribution in [0.1, 0.15) is 30.0 Å². The van der Waals surface area contributed by atoms with Gasteiger partial charge in [-0.3, -0.25) is 4.79 Å². The molecular formula is C15H20O3. The molecule has 3 heteroatoms. The fourth-order valence-electron chi connectivity index (χ4n) is 2.62. The molecule has 1 aliphatic heterocycles. The number of ether oxygens (including phenoxy) is 1. The summed E-state index contributed by atoms with van der Waals surface area (Å²) in [6, 6.07) is 6.03. The van der Waals surface area contributed by atoms with E-state index in [0.717, 1.165) is 16.7 Å². The molecule has 98 valence electrons. The fraction of sp³-hybridized carbons (Fsp3) is 0.533. The number of carboxylic acid groups (broad SMARTS) is 1. The van der Waals surface area contributed by atoms with Crippen LogP contribution in [0.5, 0.6) is 0 Å². The van der Waals surface area contributed by atoms with Crippen LogP contribution >= 0.6 is 0 Å². The van der Waals surface area contributed by atoms with Gasteiger partial charge in [-0.2, -0.15) is 0 Å². The third-order valence-electron chi connectivity index (χ3n) is 3.86. The number of carboxylic acids is 1. The van der Waals surface area contributed by atoms with Gasteiger partial charge in [0.25, 0.3) is 0 Å². The molecule has 2 rings (SSSR count). The van der Waals surface area contributed by atoms with Crippen molar-refractivity contribution in [1.29, 1.82) is 0 Å². The summed E-state index contributed by atoms with van der Waals surface area (Å²) >= 11 is 0. The molecule has 1 fully saturated rings. The maximum absolute atomic E-state index is 11.7. The fourth-order valence-corrected chi connectivity index (χ4v) is 2.62. The van der Waals surface area contributed by atoms with Crippen molar-refractivity contribution >= 4 is 5.97 Å². The summed E-state index contributed by atoms with van der Waals surface area (Å²) in [7, 11) is 0. The highest BCUT2D eigenvalue weighted by molar-refractivity contribution is 5.81. The smallest absolute Gasteiger partial charge is 0.313 e. The second kappa shape index (κ2) is 4.73. The van der Waals surface area contributed by atoms with Gasteiger partial charge >= 0.3 is 5.97 Å². The van der Waals surface area contributed by atoms with E-state index < -0.39 is 11.4 Å². The molecular weight excluding hydrogens is 228 g/mol. The Hall–Kier alpha value is -1.35. The first-order valence-electron chi connectivity index (χ1n) is 6.32. The topological polar surface area (TPSA) is 46.5 Å². The van der Waals surface area contributed by atoms with E-state index in [1.165, 1.54) is 0 Å². The minimum Gasteiger partial charge on any atom is -0.481 e. The normalized spacial score (nSPS) is 19.1. The van der Waals surface area contributed by atoms with Gasteiger partial charge in [0.1, 0.15) is 0 Å². The van der Waals surface area contributed by atoms with Crippen LogP contribution in [0.25, 0.3) is 0 Å². The SMILES string of the molecule is Cc1ccc(C)c(C(C)(CC2COC2)C(=O)O)c1. The Labute approximate surface area is 108 Å². The first-order chi connectivity index (χ1) is 8.43. The third kappa shape index (κ3) is 2.27. The van der Waals surface area contributed by atoms with Crippen molar-refractivity contribution in [1.82, 2.24) is 0 Å². The summed E-state index contributed by atoms with van der Waals surface area (Å²) in [6.07, 6.45) is 0.645. The summed E-state index contributed by atoms with van der Waals surface area (Å²) in [5.74, 6) is -0.380. The molecule has 0 saturated carbocycles. The summed E-state index contributed by atoms with van der Waals surface area (Å²) in [5, 5.41) is 9.63. The molecule has 1 unspecified atom stereocenters. The zero-order valence-electron chi connectivity index (χ0n) is 11.2. The maximum atomic E-state index is 11.7. The molecule has 0 spiro atoms. The monoisotopic (exact) mass is 248 g/mol. The molecule has 1 aromatic rings. The Morgan fingerprint density at radius 3 is 2.61 bits per heavy atom. The van der Waals surface area contributed by atoms with Crippen LogP contribution in [0.2, 0.25) is 0 Å². The summed E-state index contributed by atoms with van der Waals surface area (Å²) in [4.78, 5) is 11.7. The maximum Gasteiger partial charge on any atom is 0.313 e. The van der Waals surface area contributed by atoms with Gasteiger partial charge in [0.05, 0.1) is 18.6 Å².